The molecule has 0 unspecified atom stereocenters. The number of unbranched alkanes of at least 4 members (excludes halogenated alkanes) is 1. The molecule has 0 atom stereocenters. The molecule has 0 bridgehead atoms. The molecule has 1 aliphatic heterocycles. The fraction of sp³-hybridized carbons (Fsp3) is 0.500. The van der Waals surface area contributed by atoms with E-state index < -0.39 is 0 Å². The molecule has 1 amide bonds. The summed E-state index contributed by atoms with van der Waals surface area (Å²) in [7, 11) is 0. The lowest BCUT2D eigenvalue weighted by atomic mass is 10.1. The Morgan fingerprint density at radius 2 is 2.05 bits per heavy atom. The highest BCUT2D eigenvalue weighted by Gasteiger charge is 2.15. The zero-order valence-corrected chi connectivity index (χ0v) is 13.0. The van der Waals surface area contributed by atoms with Gasteiger partial charge in [0.25, 0.3) is 0 Å². The van der Waals surface area contributed by atoms with E-state index in [0.29, 0.717) is 12.3 Å². The Morgan fingerprint density at radius 1 is 1.24 bits per heavy atom. The molecule has 21 heavy (non-hydrogen) atoms. The molecule has 3 rings (SSSR count). The van der Waals surface area contributed by atoms with E-state index in [2.05, 4.69) is 28.5 Å². The van der Waals surface area contributed by atoms with Crippen LogP contribution in [0.3, 0.4) is 0 Å². The van der Waals surface area contributed by atoms with Crippen molar-refractivity contribution in [3.05, 3.63) is 29.3 Å². The van der Waals surface area contributed by atoms with Crippen LogP contribution in [0.2, 0.25) is 0 Å². The molecule has 2 aromatic rings. The average molecular weight is 303 g/mol. The van der Waals surface area contributed by atoms with Crippen molar-refractivity contribution in [1.82, 2.24) is 15.2 Å². The van der Waals surface area contributed by atoms with Crippen molar-refractivity contribution >= 4 is 27.5 Å². The van der Waals surface area contributed by atoms with Crippen molar-refractivity contribution in [2.45, 2.75) is 25.7 Å². The minimum absolute atomic E-state index is 0.306. The SMILES string of the molecule is O=C(CCCCc1nc2ccccc2s1)N1CCNCC1. The first-order valence-electron chi connectivity index (χ1n) is 7.66. The lowest BCUT2D eigenvalue weighted by Gasteiger charge is -2.27. The number of fused-ring (bicyclic) bond motifs is 1. The molecule has 2 heterocycles. The molecule has 1 aromatic heterocycles. The van der Waals surface area contributed by atoms with Crippen LogP contribution in [0.15, 0.2) is 24.3 Å². The van der Waals surface area contributed by atoms with Crippen molar-refractivity contribution in [3.8, 4) is 0 Å². The smallest absolute Gasteiger partial charge is 0.222 e. The summed E-state index contributed by atoms with van der Waals surface area (Å²) in [5.74, 6) is 0.306. The predicted molar refractivity (Wildman–Crippen MR) is 86.6 cm³/mol. The van der Waals surface area contributed by atoms with Crippen LogP contribution in [0.5, 0.6) is 0 Å². The highest BCUT2D eigenvalue weighted by atomic mass is 32.1. The standard InChI is InChI=1S/C16H21N3OS/c20-16(19-11-9-17-10-12-19)8-4-3-7-15-18-13-5-1-2-6-14(13)21-15/h1-2,5-6,17H,3-4,7-12H2. The van der Waals surface area contributed by atoms with Gasteiger partial charge in [-0.3, -0.25) is 4.79 Å². The third-order valence-corrected chi connectivity index (χ3v) is 4.94. The molecular formula is C16H21N3OS. The molecule has 4 nitrogen and oxygen atoms in total. The van der Waals surface area contributed by atoms with Crippen LogP contribution in [0.25, 0.3) is 10.2 Å². The summed E-state index contributed by atoms with van der Waals surface area (Å²) in [5, 5.41) is 4.46. The first-order valence-corrected chi connectivity index (χ1v) is 8.47. The maximum Gasteiger partial charge on any atom is 0.222 e. The molecular weight excluding hydrogens is 282 g/mol. The van der Waals surface area contributed by atoms with Crippen molar-refractivity contribution < 1.29 is 4.79 Å². The van der Waals surface area contributed by atoms with Gasteiger partial charge in [0.1, 0.15) is 0 Å². The monoisotopic (exact) mass is 303 g/mol. The van der Waals surface area contributed by atoms with Gasteiger partial charge in [-0.05, 0) is 31.4 Å². The first-order chi connectivity index (χ1) is 10.3. The minimum atomic E-state index is 0.306. The lowest BCUT2D eigenvalue weighted by Crippen LogP contribution is -2.46. The highest BCUT2D eigenvalue weighted by Crippen LogP contribution is 2.22. The Morgan fingerprint density at radius 3 is 2.86 bits per heavy atom. The molecule has 0 saturated carbocycles. The van der Waals surface area contributed by atoms with Gasteiger partial charge >= 0.3 is 0 Å². The zero-order chi connectivity index (χ0) is 14.5. The van der Waals surface area contributed by atoms with Gasteiger partial charge in [-0.25, -0.2) is 4.98 Å². The lowest BCUT2D eigenvalue weighted by molar-refractivity contribution is -0.131. The van der Waals surface area contributed by atoms with E-state index in [4.69, 9.17) is 0 Å². The van der Waals surface area contributed by atoms with Gasteiger partial charge in [0.15, 0.2) is 0 Å². The quantitative estimate of drug-likeness (QED) is 0.863. The van der Waals surface area contributed by atoms with Gasteiger partial charge in [-0.2, -0.15) is 0 Å². The van der Waals surface area contributed by atoms with Crippen LogP contribution in [-0.2, 0) is 11.2 Å². The van der Waals surface area contributed by atoms with Crippen molar-refractivity contribution in [2.75, 3.05) is 26.2 Å². The number of nitrogens with one attached hydrogen (secondary N) is 1. The minimum Gasteiger partial charge on any atom is -0.340 e. The second-order valence-electron chi connectivity index (χ2n) is 5.41. The van der Waals surface area contributed by atoms with Crippen LogP contribution < -0.4 is 5.32 Å². The number of amides is 1. The van der Waals surface area contributed by atoms with Gasteiger partial charge in [0.2, 0.25) is 5.91 Å². The van der Waals surface area contributed by atoms with E-state index in [0.717, 1.165) is 51.0 Å². The maximum atomic E-state index is 12.0. The van der Waals surface area contributed by atoms with E-state index in [-0.39, 0.29) is 0 Å². The number of hydrogen-bond acceptors (Lipinski definition) is 4. The Labute approximate surface area is 129 Å². The number of carbonyl (C=O) groups excluding carboxylic acids is 1. The van der Waals surface area contributed by atoms with Gasteiger partial charge in [-0.15, -0.1) is 11.3 Å². The Kier molecular flexibility index (Phi) is 4.83. The number of para-hydroxylation sites is 1. The summed E-state index contributed by atoms with van der Waals surface area (Å²) < 4.78 is 1.25. The van der Waals surface area contributed by atoms with Gasteiger partial charge < -0.3 is 10.2 Å². The summed E-state index contributed by atoms with van der Waals surface area (Å²) in [5.41, 5.74) is 1.09. The molecule has 1 aliphatic rings. The second kappa shape index (κ2) is 7.00. The largest absolute Gasteiger partial charge is 0.340 e. The molecule has 0 aliphatic carbocycles. The van der Waals surface area contributed by atoms with Gasteiger partial charge in [-0.1, -0.05) is 12.1 Å². The normalized spacial score (nSPS) is 15.5. The van der Waals surface area contributed by atoms with E-state index in [9.17, 15) is 4.79 Å². The second-order valence-corrected chi connectivity index (χ2v) is 6.53. The van der Waals surface area contributed by atoms with Crippen LogP contribution >= 0.6 is 11.3 Å². The maximum absolute atomic E-state index is 12.0. The number of hydrogen-bond donors (Lipinski definition) is 1. The molecule has 1 fully saturated rings. The highest BCUT2D eigenvalue weighted by molar-refractivity contribution is 7.18. The van der Waals surface area contributed by atoms with Crippen molar-refractivity contribution in [3.63, 3.8) is 0 Å². The van der Waals surface area contributed by atoms with Crippen molar-refractivity contribution in [1.29, 1.82) is 0 Å². The number of rotatable bonds is 5. The van der Waals surface area contributed by atoms with Crippen LogP contribution in [-0.4, -0.2) is 42.0 Å². The number of aryl methyl sites for hydroxylation is 1. The topological polar surface area (TPSA) is 45.2 Å². The summed E-state index contributed by atoms with van der Waals surface area (Å²) in [4.78, 5) is 18.6. The number of carbonyl (C=O) groups is 1. The number of nitrogens with zero attached hydrogens (tertiary/aromatic N) is 2. The Hall–Kier alpha value is -1.46. The van der Waals surface area contributed by atoms with E-state index in [1.807, 2.05) is 11.0 Å². The molecule has 1 N–H and O–H groups in total. The summed E-state index contributed by atoms with van der Waals surface area (Å²) in [6.45, 7) is 3.57. The van der Waals surface area contributed by atoms with Crippen LogP contribution in [0.4, 0.5) is 0 Å². The zero-order valence-electron chi connectivity index (χ0n) is 12.2. The number of piperazine rings is 1. The van der Waals surface area contributed by atoms with E-state index in [1.54, 1.807) is 11.3 Å². The van der Waals surface area contributed by atoms with Gasteiger partial charge in [0, 0.05) is 32.6 Å². The fourth-order valence-electron chi connectivity index (χ4n) is 2.65. The molecule has 5 heteroatoms. The number of aromatic nitrogens is 1. The van der Waals surface area contributed by atoms with Crippen molar-refractivity contribution in [2.24, 2.45) is 0 Å². The summed E-state index contributed by atoms with van der Waals surface area (Å²) in [6, 6.07) is 8.25. The molecule has 1 aromatic carbocycles. The molecule has 0 radical (unpaired) electrons. The van der Waals surface area contributed by atoms with Crippen LogP contribution in [0, 0.1) is 0 Å². The Balaban J connectivity index is 1.42. The first kappa shape index (κ1) is 14.5. The van der Waals surface area contributed by atoms with Crippen LogP contribution in [0.1, 0.15) is 24.3 Å². The van der Waals surface area contributed by atoms with E-state index in [1.165, 1.54) is 9.71 Å². The molecule has 0 spiro atoms. The summed E-state index contributed by atoms with van der Waals surface area (Å²) in [6.07, 6.45) is 3.65. The predicted octanol–water partition coefficient (Wildman–Crippen LogP) is 2.44. The molecule has 112 valence electrons. The summed E-state index contributed by atoms with van der Waals surface area (Å²) >= 11 is 1.77. The Bertz CT molecular complexity index is 571. The number of benzene rings is 1. The third-order valence-electron chi connectivity index (χ3n) is 3.84. The average Bonchev–Trinajstić information content (AvgIpc) is 2.95. The van der Waals surface area contributed by atoms with Gasteiger partial charge in [0.05, 0.1) is 15.2 Å². The third kappa shape index (κ3) is 3.80. The van der Waals surface area contributed by atoms with E-state index >= 15 is 0 Å². The fourth-order valence-corrected chi connectivity index (χ4v) is 3.66. The molecule has 1 saturated heterocycles. The number of thiazole rings is 1.